The lowest BCUT2D eigenvalue weighted by Gasteiger charge is -2.26. The normalized spacial score (nSPS) is 15.0. The molecule has 254 valence electrons. The molecular weight excluding hydrogens is 677 g/mol. The van der Waals surface area contributed by atoms with Gasteiger partial charge in [0, 0.05) is 31.7 Å². The Morgan fingerprint density at radius 2 is 1.13 bits per heavy atom. The van der Waals surface area contributed by atoms with Crippen LogP contribution in [0.25, 0.3) is 71.8 Å². The first-order valence-electron chi connectivity index (χ1n) is 18.3. The minimum Gasteiger partial charge on any atom is -0.456 e. The Hall–Kier alpha value is -6.62. The fraction of sp³-hybridized carbons (Fsp3) is 0.0200. The maximum atomic E-state index is 6.64. The summed E-state index contributed by atoms with van der Waals surface area (Å²) in [5.74, 6) is 0.849. The Bertz CT molecular complexity index is 3000. The second-order valence-electron chi connectivity index (χ2n) is 13.9. The Balaban J connectivity index is 1.04. The fourth-order valence-corrected chi connectivity index (χ4v) is 9.39. The van der Waals surface area contributed by atoms with Gasteiger partial charge in [-0.2, -0.15) is 0 Å². The number of aliphatic imine (C=N–C) groups is 1. The van der Waals surface area contributed by atoms with Crippen LogP contribution < -0.4 is 5.32 Å². The molecule has 11 rings (SSSR count). The predicted octanol–water partition coefficient (Wildman–Crippen LogP) is 13.3. The van der Waals surface area contributed by atoms with Crippen molar-refractivity contribution in [2.24, 2.45) is 4.99 Å². The summed E-state index contributed by atoms with van der Waals surface area (Å²) in [7, 11) is 0. The van der Waals surface area contributed by atoms with E-state index in [4.69, 9.17) is 9.41 Å². The third-order valence-corrected chi connectivity index (χ3v) is 12.0. The smallest absolute Gasteiger partial charge is 0.136 e. The van der Waals surface area contributed by atoms with Crippen LogP contribution in [0.3, 0.4) is 0 Å². The summed E-state index contributed by atoms with van der Waals surface area (Å²) >= 11 is 1.82. The molecule has 8 aromatic carbocycles. The van der Waals surface area contributed by atoms with Gasteiger partial charge in [0.2, 0.25) is 0 Å². The van der Waals surface area contributed by atoms with E-state index < -0.39 is 0 Å². The van der Waals surface area contributed by atoms with Gasteiger partial charge in [0.15, 0.2) is 0 Å². The molecule has 0 aliphatic carbocycles. The highest BCUT2D eigenvalue weighted by molar-refractivity contribution is 8.03. The molecule has 1 unspecified atom stereocenters. The molecule has 1 N–H and O–H groups in total. The van der Waals surface area contributed by atoms with Crippen LogP contribution in [-0.2, 0) is 0 Å². The SMILES string of the molecule is c1ccc(-c2ccc3cc(C4=C5Sc6ccccc6C5NC(c5cccc6oc7cc(-c8ccccc8-c8ccccc8)ccc7c56)=N4)ccc3c2)cc1. The number of thioether (sulfide) groups is 1. The number of fused-ring (bicyclic) bond motifs is 7. The number of hydrogen-bond acceptors (Lipinski definition) is 4. The molecular formula is C50H32N2OS. The monoisotopic (exact) mass is 708 g/mol. The summed E-state index contributed by atoms with van der Waals surface area (Å²) < 4.78 is 6.64. The van der Waals surface area contributed by atoms with Gasteiger partial charge in [0.05, 0.1) is 11.7 Å². The van der Waals surface area contributed by atoms with Crippen LogP contribution in [0.5, 0.6) is 0 Å². The Morgan fingerprint density at radius 1 is 0.481 bits per heavy atom. The van der Waals surface area contributed by atoms with E-state index >= 15 is 0 Å². The van der Waals surface area contributed by atoms with Crippen LogP contribution >= 0.6 is 11.8 Å². The molecule has 0 bridgehead atoms. The van der Waals surface area contributed by atoms with Crippen molar-refractivity contribution in [1.29, 1.82) is 0 Å². The number of benzene rings is 8. The number of furan rings is 1. The Labute approximate surface area is 317 Å². The molecule has 1 aromatic heterocycles. The molecule has 9 aromatic rings. The van der Waals surface area contributed by atoms with Crippen LogP contribution in [0.4, 0.5) is 0 Å². The van der Waals surface area contributed by atoms with Crippen molar-refractivity contribution in [3.05, 3.63) is 204 Å². The van der Waals surface area contributed by atoms with Gasteiger partial charge < -0.3 is 9.73 Å². The molecule has 54 heavy (non-hydrogen) atoms. The molecule has 0 fully saturated rings. The molecule has 4 heteroatoms. The van der Waals surface area contributed by atoms with E-state index in [9.17, 15) is 0 Å². The first kappa shape index (κ1) is 31.0. The lowest BCUT2D eigenvalue weighted by Crippen LogP contribution is -2.32. The average Bonchev–Trinajstić information content (AvgIpc) is 3.82. The van der Waals surface area contributed by atoms with Crippen molar-refractivity contribution in [1.82, 2.24) is 5.32 Å². The molecule has 1 atom stereocenters. The summed E-state index contributed by atoms with van der Waals surface area (Å²) in [6, 6.07) is 64.8. The second kappa shape index (κ2) is 12.5. The van der Waals surface area contributed by atoms with Crippen molar-refractivity contribution < 1.29 is 4.42 Å². The number of nitrogens with zero attached hydrogens (tertiary/aromatic N) is 1. The van der Waals surface area contributed by atoms with Crippen LogP contribution in [0.1, 0.15) is 22.7 Å². The van der Waals surface area contributed by atoms with Crippen molar-refractivity contribution >= 4 is 56.0 Å². The molecule has 0 saturated heterocycles. The van der Waals surface area contributed by atoms with Gasteiger partial charge in [-0.1, -0.05) is 157 Å². The third kappa shape index (κ3) is 5.10. The average molecular weight is 709 g/mol. The van der Waals surface area contributed by atoms with Crippen molar-refractivity contribution in [2.45, 2.75) is 10.9 Å². The van der Waals surface area contributed by atoms with Gasteiger partial charge in [-0.15, -0.1) is 0 Å². The van der Waals surface area contributed by atoms with E-state index in [1.165, 1.54) is 54.0 Å². The van der Waals surface area contributed by atoms with Crippen LogP contribution in [0.2, 0.25) is 0 Å². The molecule has 2 aliphatic rings. The summed E-state index contributed by atoms with van der Waals surface area (Å²) in [5, 5.41) is 8.43. The zero-order valence-electron chi connectivity index (χ0n) is 29.2. The highest BCUT2D eigenvalue weighted by Crippen LogP contribution is 2.52. The van der Waals surface area contributed by atoms with Gasteiger partial charge >= 0.3 is 0 Å². The van der Waals surface area contributed by atoms with E-state index in [1.54, 1.807) is 0 Å². The molecule has 0 spiro atoms. The molecule has 0 saturated carbocycles. The predicted molar refractivity (Wildman–Crippen MR) is 226 cm³/mol. The van der Waals surface area contributed by atoms with Crippen molar-refractivity contribution in [3.8, 4) is 33.4 Å². The number of hydrogen-bond donors (Lipinski definition) is 1. The summed E-state index contributed by atoms with van der Waals surface area (Å²) in [6.07, 6.45) is 0. The summed E-state index contributed by atoms with van der Waals surface area (Å²) in [5.41, 5.74) is 13.3. The van der Waals surface area contributed by atoms with Gasteiger partial charge in [0.1, 0.15) is 17.0 Å². The molecule has 3 heterocycles. The Kier molecular flexibility index (Phi) is 7.17. The van der Waals surface area contributed by atoms with E-state index in [1.807, 2.05) is 11.8 Å². The van der Waals surface area contributed by atoms with Crippen LogP contribution in [-0.4, -0.2) is 5.84 Å². The van der Waals surface area contributed by atoms with E-state index in [0.717, 1.165) is 50.2 Å². The van der Waals surface area contributed by atoms with Crippen LogP contribution in [0.15, 0.2) is 201 Å². The third-order valence-electron chi connectivity index (χ3n) is 10.7. The molecule has 0 radical (unpaired) electrons. The molecule has 3 nitrogen and oxygen atoms in total. The topological polar surface area (TPSA) is 37.5 Å². The highest BCUT2D eigenvalue weighted by atomic mass is 32.2. The quantitative estimate of drug-likeness (QED) is 0.193. The van der Waals surface area contributed by atoms with Crippen molar-refractivity contribution in [3.63, 3.8) is 0 Å². The minimum atomic E-state index is -0.000587. The lowest BCUT2D eigenvalue weighted by atomic mass is 9.94. The van der Waals surface area contributed by atoms with Gasteiger partial charge in [-0.05, 0) is 86.1 Å². The Morgan fingerprint density at radius 3 is 1.94 bits per heavy atom. The number of nitrogens with one attached hydrogen (secondary N) is 1. The van der Waals surface area contributed by atoms with E-state index in [2.05, 4.69) is 187 Å². The zero-order chi connectivity index (χ0) is 35.6. The standard InChI is InChI=1S/C50H32N2OS/c1-3-12-31(13-4-1)33-22-23-35-29-37(25-24-34(35)28-33)47-49-48(41-18-9-10-21-45(41)54-49)52-50(51-47)42-19-11-20-43-46(42)40-27-26-36(30-44(40)53-43)39-17-8-7-16-38(39)32-14-5-2-6-15-32/h1-30,48H,(H,51,52). The van der Waals surface area contributed by atoms with E-state index in [0.29, 0.717) is 0 Å². The second-order valence-corrected chi connectivity index (χ2v) is 15.0. The van der Waals surface area contributed by atoms with Crippen LogP contribution in [0, 0.1) is 0 Å². The molecule has 2 aliphatic heterocycles. The number of rotatable bonds is 5. The first-order chi connectivity index (χ1) is 26.7. The van der Waals surface area contributed by atoms with Crippen molar-refractivity contribution in [2.75, 3.05) is 0 Å². The van der Waals surface area contributed by atoms with Gasteiger partial charge in [-0.25, -0.2) is 4.99 Å². The number of amidine groups is 1. The minimum absolute atomic E-state index is 0.000587. The lowest BCUT2D eigenvalue weighted by molar-refractivity contribution is 0.669. The molecule has 0 amide bonds. The highest BCUT2D eigenvalue weighted by Gasteiger charge is 2.35. The van der Waals surface area contributed by atoms with Gasteiger partial charge in [0.25, 0.3) is 0 Å². The van der Waals surface area contributed by atoms with Gasteiger partial charge in [-0.3, -0.25) is 0 Å². The summed E-state index contributed by atoms with van der Waals surface area (Å²) in [6.45, 7) is 0. The fourth-order valence-electron chi connectivity index (χ4n) is 8.14. The first-order valence-corrected chi connectivity index (χ1v) is 19.1. The maximum absolute atomic E-state index is 6.64. The van der Waals surface area contributed by atoms with E-state index in [-0.39, 0.29) is 6.04 Å². The largest absolute Gasteiger partial charge is 0.456 e. The summed E-state index contributed by atoms with van der Waals surface area (Å²) in [4.78, 5) is 7.98. The maximum Gasteiger partial charge on any atom is 0.136 e. The zero-order valence-corrected chi connectivity index (χ0v) is 30.0.